The average molecular weight is 521 g/mol. The number of amides is 3. The quantitative estimate of drug-likeness (QED) is 0.602. The van der Waals surface area contributed by atoms with E-state index in [1.165, 1.54) is 4.90 Å². The van der Waals surface area contributed by atoms with Crippen LogP contribution in [0.2, 0.25) is 0 Å². The third kappa shape index (κ3) is 9.93. The zero-order valence-electron chi connectivity index (χ0n) is 22.6. The largest absolute Gasteiger partial charge is 0.460 e. The van der Waals surface area contributed by atoms with Crippen LogP contribution in [0, 0.1) is 0 Å². The molecule has 1 saturated heterocycles. The molecule has 1 aromatic rings. The molecule has 2 N–H and O–H groups in total. The second-order valence-electron chi connectivity index (χ2n) is 10.9. The molecule has 0 aliphatic carbocycles. The van der Waals surface area contributed by atoms with Gasteiger partial charge in [0.25, 0.3) is 5.91 Å². The van der Waals surface area contributed by atoms with Crippen LogP contribution >= 0.6 is 0 Å². The number of ether oxygens (including phenoxy) is 2. The summed E-state index contributed by atoms with van der Waals surface area (Å²) in [5.41, 5.74) is 6.90. The lowest BCUT2D eigenvalue weighted by Gasteiger charge is -2.36. The van der Waals surface area contributed by atoms with Gasteiger partial charge < -0.3 is 29.9 Å². The molecule has 10 heteroatoms. The molecule has 37 heavy (non-hydrogen) atoms. The van der Waals surface area contributed by atoms with Crippen LogP contribution in [0.1, 0.15) is 78.2 Å². The van der Waals surface area contributed by atoms with Gasteiger partial charge in [-0.05, 0) is 65.3 Å². The highest BCUT2D eigenvalue weighted by Crippen LogP contribution is 2.28. The van der Waals surface area contributed by atoms with Crippen molar-refractivity contribution in [2.75, 3.05) is 37.6 Å². The Morgan fingerprint density at radius 3 is 1.97 bits per heavy atom. The molecule has 3 rings (SSSR count). The third-order valence-electron chi connectivity index (χ3n) is 5.32. The number of primary amides is 1. The lowest BCUT2D eigenvalue weighted by Crippen LogP contribution is -2.50. The van der Waals surface area contributed by atoms with Crippen molar-refractivity contribution < 1.29 is 28.7 Å². The van der Waals surface area contributed by atoms with E-state index in [1.807, 2.05) is 53.7 Å². The highest BCUT2D eigenvalue weighted by atomic mass is 16.6. The van der Waals surface area contributed by atoms with Crippen molar-refractivity contribution in [1.82, 2.24) is 9.80 Å². The lowest BCUT2D eigenvalue weighted by molar-refractivity contribution is -0.154. The molecule has 1 aromatic carbocycles. The molecule has 0 radical (unpaired) electrons. The van der Waals surface area contributed by atoms with E-state index in [0.717, 1.165) is 11.3 Å². The van der Waals surface area contributed by atoms with Crippen LogP contribution in [0.25, 0.3) is 0 Å². The number of benzene rings is 1. The summed E-state index contributed by atoms with van der Waals surface area (Å²) in [5.74, 6) is -0.817. The number of nitrogens with two attached hydrogens (primary N) is 1. The highest BCUT2D eigenvalue weighted by Gasteiger charge is 2.30. The molecule has 0 saturated carbocycles. The van der Waals surface area contributed by atoms with E-state index in [0.29, 0.717) is 44.7 Å². The normalized spacial score (nSPS) is 15.2. The first kappa shape index (κ1) is 31.7. The summed E-state index contributed by atoms with van der Waals surface area (Å²) in [4.78, 5) is 51.5. The Hall–Kier alpha value is -3.30. The van der Waals surface area contributed by atoms with Crippen LogP contribution in [-0.4, -0.2) is 77.6 Å². The summed E-state index contributed by atoms with van der Waals surface area (Å²) in [6.45, 7) is 15.8. The maximum atomic E-state index is 12.3. The molecule has 2 aliphatic heterocycles. The Morgan fingerprint density at radius 2 is 1.51 bits per heavy atom. The fourth-order valence-corrected chi connectivity index (χ4v) is 3.77. The van der Waals surface area contributed by atoms with Crippen molar-refractivity contribution in [3.63, 3.8) is 0 Å². The fourth-order valence-electron chi connectivity index (χ4n) is 3.77. The predicted molar refractivity (Wildman–Crippen MR) is 143 cm³/mol. The fraction of sp³-hybridized carbons (Fsp3) is 0.630. The Labute approximate surface area is 221 Å². The van der Waals surface area contributed by atoms with E-state index < -0.39 is 11.5 Å². The van der Waals surface area contributed by atoms with Gasteiger partial charge in [0.1, 0.15) is 11.2 Å². The van der Waals surface area contributed by atoms with E-state index in [2.05, 4.69) is 4.90 Å². The predicted octanol–water partition coefficient (Wildman–Crippen LogP) is 3.56. The van der Waals surface area contributed by atoms with Crippen LogP contribution in [0.15, 0.2) is 18.2 Å². The smallest absolute Gasteiger partial charge is 0.410 e. The molecule has 1 fully saturated rings. The molecular formula is C27H44N4O6. The minimum atomic E-state index is -0.519. The van der Waals surface area contributed by atoms with Crippen LogP contribution in [-0.2, 0) is 25.6 Å². The van der Waals surface area contributed by atoms with Crippen molar-refractivity contribution in [2.45, 2.75) is 80.1 Å². The van der Waals surface area contributed by atoms with Gasteiger partial charge in [-0.3, -0.25) is 14.4 Å². The molecule has 3 amide bonds. The molecule has 0 bridgehead atoms. The third-order valence-corrected chi connectivity index (χ3v) is 5.32. The van der Waals surface area contributed by atoms with Crippen LogP contribution in [0.3, 0.4) is 0 Å². The van der Waals surface area contributed by atoms with Gasteiger partial charge in [0.2, 0.25) is 5.91 Å². The number of anilines is 1. The van der Waals surface area contributed by atoms with Gasteiger partial charge >= 0.3 is 12.1 Å². The second kappa shape index (κ2) is 12.8. The second-order valence-corrected chi connectivity index (χ2v) is 10.9. The van der Waals surface area contributed by atoms with Crippen LogP contribution < -0.4 is 10.6 Å². The van der Waals surface area contributed by atoms with E-state index in [-0.39, 0.29) is 37.5 Å². The maximum absolute atomic E-state index is 12.3. The summed E-state index contributed by atoms with van der Waals surface area (Å²) >= 11 is 0. The number of carbonyl (C=O) groups is 4. The molecule has 0 aromatic heterocycles. The first-order valence-electron chi connectivity index (χ1n) is 12.2. The molecular weight excluding hydrogens is 476 g/mol. The van der Waals surface area contributed by atoms with E-state index in [1.54, 1.807) is 17.9 Å². The Bertz CT molecular complexity index is 972. The number of rotatable bonds is 4. The first-order valence-corrected chi connectivity index (χ1v) is 12.2. The van der Waals surface area contributed by atoms with Crippen molar-refractivity contribution in [1.29, 1.82) is 0 Å². The SMILES string of the molecule is C.CC(C)(C)OC(=O)N1CCN(c2ccc3c(c2)CN(CC(N)=O)C3=O)CC1.CCC(=O)OC(C)(C)C. The number of carbonyl (C=O) groups excluding carboxylic acids is 4. The average Bonchev–Trinajstić information content (AvgIpc) is 3.06. The zero-order valence-corrected chi connectivity index (χ0v) is 22.6. The van der Waals surface area contributed by atoms with Gasteiger partial charge in [-0.1, -0.05) is 14.4 Å². The molecule has 0 spiro atoms. The van der Waals surface area contributed by atoms with E-state index >= 15 is 0 Å². The summed E-state index contributed by atoms with van der Waals surface area (Å²) in [5, 5.41) is 0. The van der Waals surface area contributed by atoms with Gasteiger partial charge in [-0.2, -0.15) is 0 Å². The molecule has 2 aliphatic rings. The van der Waals surface area contributed by atoms with Crippen LogP contribution in [0.4, 0.5) is 10.5 Å². The van der Waals surface area contributed by atoms with E-state index in [9.17, 15) is 19.2 Å². The Kier molecular flexibility index (Phi) is 11.0. The van der Waals surface area contributed by atoms with Crippen molar-refractivity contribution in [3.05, 3.63) is 29.3 Å². The topological polar surface area (TPSA) is 122 Å². The van der Waals surface area contributed by atoms with Gasteiger partial charge in [-0.25, -0.2) is 4.79 Å². The van der Waals surface area contributed by atoms with Crippen molar-refractivity contribution in [3.8, 4) is 0 Å². The molecule has 208 valence electrons. The highest BCUT2D eigenvalue weighted by molar-refractivity contribution is 6.00. The molecule has 10 nitrogen and oxygen atoms in total. The van der Waals surface area contributed by atoms with Crippen LogP contribution in [0.5, 0.6) is 0 Å². The van der Waals surface area contributed by atoms with Gasteiger partial charge in [0, 0.05) is 50.4 Å². The van der Waals surface area contributed by atoms with Gasteiger partial charge in [0.15, 0.2) is 0 Å². The number of piperazine rings is 1. The number of hydrogen-bond donors (Lipinski definition) is 1. The summed E-state index contributed by atoms with van der Waals surface area (Å²) < 4.78 is 10.4. The standard InChI is InChI=1S/C19H26N4O4.C7H14O2.CH4/c1-19(2,3)27-18(26)22-8-6-21(7-9-22)14-4-5-15-13(10-14)11-23(17(15)25)12-16(20)24;1-5-6(8)9-7(2,3)4;/h4-5,10H,6-9,11-12H2,1-3H3,(H2,20,24);5H2,1-4H3;1H4. The number of hydrogen-bond acceptors (Lipinski definition) is 7. The van der Waals surface area contributed by atoms with Gasteiger partial charge in [-0.15, -0.1) is 0 Å². The number of fused-ring (bicyclic) bond motifs is 1. The number of nitrogens with zero attached hydrogens (tertiary/aromatic N) is 3. The van der Waals surface area contributed by atoms with E-state index in [4.69, 9.17) is 15.2 Å². The summed E-state index contributed by atoms with van der Waals surface area (Å²) in [7, 11) is 0. The summed E-state index contributed by atoms with van der Waals surface area (Å²) in [6.07, 6.45) is 0.167. The van der Waals surface area contributed by atoms with Crippen molar-refractivity contribution in [2.24, 2.45) is 5.73 Å². The molecule has 0 unspecified atom stereocenters. The lowest BCUT2D eigenvalue weighted by atomic mass is 10.1. The molecule has 2 heterocycles. The molecule has 0 atom stereocenters. The summed E-state index contributed by atoms with van der Waals surface area (Å²) in [6, 6.07) is 5.69. The Balaban J connectivity index is 0.000000589. The monoisotopic (exact) mass is 520 g/mol. The van der Waals surface area contributed by atoms with Crippen molar-refractivity contribution >= 4 is 29.6 Å². The minimum absolute atomic E-state index is 0. The van der Waals surface area contributed by atoms with Gasteiger partial charge in [0.05, 0.1) is 6.54 Å². The Morgan fingerprint density at radius 1 is 0.946 bits per heavy atom. The maximum Gasteiger partial charge on any atom is 0.410 e. The zero-order chi connectivity index (χ0) is 27.3. The first-order chi connectivity index (χ1) is 16.6. The number of esters is 1. The minimum Gasteiger partial charge on any atom is -0.460 e.